The van der Waals surface area contributed by atoms with Gasteiger partial charge in [0, 0.05) is 17.7 Å². The van der Waals surface area contributed by atoms with Crippen molar-refractivity contribution in [2.45, 2.75) is 12.6 Å². The zero-order chi connectivity index (χ0) is 15.4. The molecule has 0 fully saturated rings. The predicted molar refractivity (Wildman–Crippen MR) is 91.6 cm³/mol. The molecule has 5 heteroatoms. The molecule has 2 aromatic rings. The maximum atomic E-state index is 6.12. The minimum Gasteiger partial charge on any atom is -0.346 e. The van der Waals surface area contributed by atoms with Crippen molar-refractivity contribution in [3.8, 4) is 0 Å². The topological polar surface area (TPSA) is 45.6 Å². The summed E-state index contributed by atoms with van der Waals surface area (Å²) >= 11 is 5.26. The number of hydrazone groups is 1. The summed E-state index contributed by atoms with van der Waals surface area (Å²) in [7, 11) is 0. The van der Waals surface area contributed by atoms with Crippen LogP contribution in [0.4, 0.5) is 0 Å². The first-order valence-electron chi connectivity index (χ1n) is 7.17. The van der Waals surface area contributed by atoms with E-state index < -0.39 is 5.72 Å². The first-order valence-corrected chi connectivity index (χ1v) is 7.58. The van der Waals surface area contributed by atoms with Crippen molar-refractivity contribution in [3.63, 3.8) is 0 Å². The molecule has 0 spiro atoms. The molecule has 2 aromatic carbocycles. The van der Waals surface area contributed by atoms with Crippen LogP contribution in [0.2, 0.25) is 0 Å². The number of rotatable bonds is 4. The first kappa shape index (κ1) is 14.7. The van der Waals surface area contributed by atoms with Gasteiger partial charge in [0.05, 0.1) is 0 Å². The third-order valence-electron chi connectivity index (χ3n) is 3.48. The summed E-state index contributed by atoms with van der Waals surface area (Å²) in [5, 5.41) is 8.17. The maximum Gasteiger partial charge on any atom is 0.212 e. The van der Waals surface area contributed by atoms with Gasteiger partial charge in [0.15, 0.2) is 5.11 Å². The van der Waals surface area contributed by atoms with Gasteiger partial charge < -0.3 is 10.1 Å². The van der Waals surface area contributed by atoms with Gasteiger partial charge in [-0.1, -0.05) is 60.7 Å². The van der Waals surface area contributed by atoms with Crippen LogP contribution in [-0.4, -0.2) is 17.4 Å². The Morgan fingerprint density at radius 1 is 1.05 bits per heavy atom. The molecule has 0 aliphatic carbocycles. The minimum atomic E-state index is -0.889. The molecule has 0 radical (unpaired) electrons. The van der Waals surface area contributed by atoms with Crippen LogP contribution in [-0.2, 0) is 10.5 Å². The Balaban J connectivity index is 2.18. The Labute approximate surface area is 135 Å². The standard InChI is InChI=1S/C17H17N3OS/c1-2-21-17(14-11-7-4-8-12-14)15(19-20-16(22)18-17)13-9-5-3-6-10-13/h3-12H,2H2,1H3,(H2,18,20,22)/t17-/m0/s1. The van der Waals surface area contributed by atoms with E-state index in [1.54, 1.807) is 0 Å². The normalized spacial score (nSPS) is 20.8. The van der Waals surface area contributed by atoms with E-state index in [2.05, 4.69) is 15.8 Å². The number of benzene rings is 2. The van der Waals surface area contributed by atoms with Crippen molar-refractivity contribution >= 4 is 23.0 Å². The number of thiocarbonyl (C=S) groups is 1. The molecule has 0 amide bonds. The quantitative estimate of drug-likeness (QED) is 0.852. The zero-order valence-electron chi connectivity index (χ0n) is 12.2. The van der Waals surface area contributed by atoms with Crippen molar-refractivity contribution in [1.29, 1.82) is 0 Å². The molecule has 112 valence electrons. The van der Waals surface area contributed by atoms with Crippen molar-refractivity contribution in [3.05, 3.63) is 71.8 Å². The third kappa shape index (κ3) is 2.61. The van der Waals surface area contributed by atoms with E-state index in [0.29, 0.717) is 11.7 Å². The predicted octanol–water partition coefficient (Wildman–Crippen LogP) is 2.76. The molecule has 4 nitrogen and oxygen atoms in total. The van der Waals surface area contributed by atoms with Gasteiger partial charge in [-0.2, -0.15) is 5.10 Å². The van der Waals surface area contributed by atoms with E-state index in [4.69, 9.17) is 17.0 Å². The van der Waals surface area contributed by atoms with Gasteiger partial charge in [0.1, 0.15) is 5.71 Å². The summed E-state index contributed by atoms with van der Waals surface area (Å²) in [5.74, 6) is 0. The second-order valence-electron chi connectivity index (χ2n) is 4.87. The van der Waals surface area contributed by atoms with Crippen LogP contribution in [0.25, 0.3) is 0 Å². The molecule has 3 rings (SSSR count). The van der Waals surface area contributed by atoms with Gasteiger partial charge in [0.2, 0.25) is 5.72 Å². The minimum absolute atomic E-state index is 0.442. The van der Waals surface area contributed by atoms with E-state index in [9.17, 15) is 0 Å². The summed E-state index contributed by atoms with van der Waals surface area (Å²) in [4.78, 5) is 0. The zero-order valence-corrected chi connectivity index (χ0v) is 13.1. The fourth-order valence-corrected chi connectivity index (χ4v) is 2.77. The van der Waals surface area contributed by atoms with Gasteiger partial charge in [-0.3, -0.25) is 5.43 Å². The Kier molecular flexibility index (Phi) is 4.18. The van der Waals surface area contributed by atoms with E-state index in [1.165, 1.54) is 0 Å². The van der Waals surface area contributed by atoms with Crippen LogP contribution in [0, 0.1) is 0 Å². The number of nitrogens with one attached hydrogen (secondary N) is 2. The third-order valence-corrected chi connectivity index (χ3v) is 3.67. The fraction of sp³-hybridized carbons (Fsp3) is 0.176. The SMILES string of the molecule is CCO[C@]1(c2ccccc2)NC(=S)NN=C1c1ccccc1. The van der Waals surface area contributed by atoms with Crippen LogP contribution in [0.1, 0.15) is 18.1 Å². The highest BCUT2D eigenvalue weighted by atomic mass is 32.1. The Hall–Kier alpha value is -2.24. The number of hydrogen-bond acceptors (Lipinski definition) is 3. The molecule has 0 bridgehead atoms. The lowest BCUT2D eigenvalue weighted by Crippen LogP contribution is -2.60. The highest BCUT2D eigenvalue weighted by Gasteiger charge is 2.42. The van der Waals surface area contributed by atoms with E-state index in [1.807, 2.05) is 67.6 Å². The van der Waals surface area contributed by atoms with Crippen molar-refractivity contribution in [1.82, 2.24) is 10.7 Å². The molecule has 1 aliphatic rings. The van der Waals surface area contributed by atoms with Crippen molar-refractivity contribution in [2.24, 2.45) is 5.10 Å². The summed E-state index contributed by atoms with van der Waals surface area (Å²) in [6.07, 6.45) is 0. The lowest BCUT2D eigenvalue weighted by molar-refractivity contribution is -0.00196. The highest BCUT2D eigenvalue weighted by molar-refractivity contribution is 7.80. The van der Waals surface area contributed by atoms with Crippen LogP contribution in [0.15, 0.2) is 65.8 Å². The molecule has 1 atom stereocenters. The number of ether oxygens (including phenoxy) is 1. The van der Waals surface area contributed by atoms with E-state index in [0.717, 1.165) is 16.8 Å². The molecule has 1 aliphatic heterocycles. The summed E-state index contributed by atoms with van der Waals surface area (Å²) in [6.45, 7) is 2.48. The summed E-state index contributed by atoms with van der Waals surface area (Å²) in [6, 6.07) is 19.9. The average Bonchev–Trinajstić information content (AvgIpc) is 2.57. The van der Waals surface area contributed by atoms with Gasteiger partial charge in [-0.15, -0.1) is 0 Å². The molecule has 22 heavy (non-hydrogen) atoms. The van der Waals surface area contributed by atoms with Crippen molar-refractivity contribution < 1.29 is 4.74 Å². The smallest absolute Gasteiger partial charge is 0.212 e. The van der Waals surface area contributed by atoms with Gasteiger partial charge in [-0.05, 0) is 19.1 Å². The van der Waals surface area contributed by atoms with Crippen LogP contribution >= 0.6 is 12.2 Å². The van der Waals surface area contributed by atoms with Gasteiger partial charge in [0.25, 0.3) is 0 Å². The van der Waals surface area contributed by atoms with Crippen LogP contribution in [0.3, 0.4) is 0 Å². The molecule has 1 heterocycles. The van der Waals surface area contributed by atoms with E-state index >= 15 is 0 Å². The van der Waals surface area contributed by atoms with Crippen LogP contribution < -0.4 is 10.7 Å². The largest absolute Gasteiger partial charge is 0.346 e. The average molecular weight is 311 g/mol. The van der Waals surface area contributed by atoms with Gasteiger partial charge >= 0.3 is 0 Å². The Morgan fingerprint density at radius 3 is 2.32 bits per heavy atom. The molecule has 0 saturated heterocycles. The maximum absolute atomic E-state index is 6.12. The van der Waals surface area contributed by atoms with Gasteiger partial charge in [-0.25, -0.2) is 0 Å². The lowest BCUT2D eigenvalue weighted by atomic mass is 9.92. The Bertz CT molecular complexity index is 688. The molecule has 0 unspecified atom stereocenters. The molecular weight excluding hydrogens is 294 g/mol. The Morgan fingerprint density at radius 2 is 1.68 bits per heavy atom. The molecule has 2 N–H and O–H groups in total. The van der Waals surface area contributed by atoms with E-state index in [-0.39, 0.29) is 0 Å². The molecule has 0 aromatic heterocycles. The fourth-order valence-electron chi connectivity index (χ4n) is 2.58. The monoisotopic (exact) mass is 311 g/mol. The summed E-state index contributed by atoms with van der Waals surface area (Å²) < 4.78 is 6.12. The van der Waals surface area contributed by atoms with Crippen molar-refractivity contribution in [2.75, 3.05) is 6.61 Å². The number of nitrogens with zero attached hydrogens (tertiary/aromatic N) is 1. The summed E-state index contributed by atoms with van der Waals surface area (Å²) in [5.41, 5.74) is 4.65. The van der Waals surface area contributed by atoms with Crippen LogP contribution in [0.5, 0.6) is 0 Å². The lowest BCUT2D eigenvalue weighted by Gasteiger charge is -2.39. The second-order valence-corrected chi connectivity index (χ2v) is 5.28. The molecule has 0 saturated carbocycles. The second kappa shape index (κ2) is 6.25. The first-order chi connectivity index (χ1) is 10.8. The number of hydrogen-bond donors (Lipinski definition) is 2. The highest BCUT2D eigenvalue weighted by Crippen LogP contribution is 2.29. The molecular formula is C17H17N3OS.